The molecule has 0 bridgehead atoms. The van der Waals surface area contributed by atoms with Crippen molar-refractivity contribution < 1.29 is 9.53 Å². The fraction of sp³-hybridized carbons (Fsp3) is 0.273. The Labute approximate surface area is 152 Å². The van der Waals surface area contributed by atoms with Crippen LogP contribution in [0.15, 0.2) is 42.5 Å². The van der Waals surface area contributed by atoms with Crippen LogP contribution in [0.25, 0.3) is 10.9 Å². The average molecular weight is 344 g/mol. The van der Waals surface area contributed by atoms with Crippen LogP contribution >= 0.6 is 0 Å². The predicted octanol–water partition coefficient (Wildman–Crippen LogP) is 4.52. The van der Waals surface area contributed by atoms with Crippen molar-refractivity contribution in [1.29, 1.82) is 5.26 Å². The highest BCUT2D eigenvalue weighted by Gasteiger charge is 2.20. The molecule has 4 rings (SSSR count). The maximum absolute atomic E-state index is 12.5. The van der Waals surface area contributed by atoms with E-state index < -0.39 is 0 Å². The van der Waals surface area contributed by atoms with Crippen molar-refractivity contribution in [3.05, 3.63) is 70.4 Å². The van der Waals surface area contributed by atoms with Crippen LogP contribution in [0.1, 0.15) is 46.1 Å². The van der Waals surface area contributed by atoms with E-state index in [0.717, 1.165) is 29.3 Å². The molecular weight excluding hydrogens is 324 g/mol. The summed E-state index contributed by atoms with van der Waals surface area (Å²) >= 11 is 0. The number of nitrogens with zero attached hydrogens (tertiary/aromatic N) is 1. The summed E-state index contributed by atoms with van der Waals surface area (Å²) in [5.74, 6) is 0.351. The second-order valence-corrected chi connectivity index (χ2v) is 7.08. The van der Waals surface area contributed by atoms with E-state index in [2.05, 4.69) is 18.0 Å². The minimum absolute atomic E-state index is 0.199. The fourth-order valence-corrected chi connectivity index (χ4v) is 3.63. The number of rotatable bonds is 3. The Morgan fingerprint density at radius 1 is 1.27 bits per heavy atom. The quantitative estimate of drug-likeness (QED) is 0.710. The number of ether oxygens (including phenoxy) is 1. The molecule has 0 fully saturated rings. The third-order valence-electron chi connectivity index (χ3n) is 5.12. The second kappa shape index (κ2) is 6.68. The number of fused-ring (bicyclic) bond motifs is 3. The molecule has 0 aliphatic heterocycles. The van der Waals surface area contributed by atoms with Crippen molar-refractivity contribution in [3.8, 4) is 6.07 Å². The minimum atomic E-state index is -0.324. The minimum Gasteiger partial charge on any atom is -0.457 e. The molecule has 1 aliphatic carbocycles. The summed E-state index contributed by atoms with van der Waals surface area (Å²) < 4.78 is 5.45. The van der Waals surface area contributed by atoms with Crippen LogP contribution in [0.3, 0.4) is 0 Å². The molecule has 1 N–H and O–H groups in total. The van der Waals surface area contributed by atoms with Gasteiger partial charge in [-0.3, -0.25) is 0 Å². The van der Waals surface area contributed by atoms with Gasteiger partial charge in [-0.25, -0.2) is 4.79 Å². The summed E-state index contributed by atoms with van der Waals surface area (Å²) in [4.78, 5) is 15.9. The standard InChI is InChI=1S/C22H20N2O2/c1-14-2-8-20-18(10-14)19-11-17(7-9-21(19)24-20)22(25)26-13-16-5-3-15(12-23)4-6-16/h3-7,9,11,14,24H,2,8,10,13H2,1H3/t14-/m1/s1. The third-order valence-corrected chi connectivity index (χ3v) is 5.12. The molecule has 0 amide bonds. The maximum atomic E-state index is 12.5. The molecule has 1 aliphatic rings. The van der Waals surface area contributed by atoms with E-state index in [1.54, 1.807) is 24.3 Å². The fourth-order valence-electron chi connectivity index (χ4n) is 3.63. The van der Waals surface area contributed by atoms with Gasteiger partial charge in [0.15, 0.2) is 0 Å². The number of H-pyrrole nitrogens is 1. The zero-order chi connectivity index (χ0) is 18.1. The van der Waals surface area contributed by atoms with E-state index in [9.17, 15) is 4.79 Å². The summed E-state index contributed by atoms with van der Waals surface area (Å²) in [7, 11) is 0. The lowest BCUT2D eigenvalue weighted by molar-refractivity contribution is 0.0473. The molecule has 0 saturated heterocycles. The Kier molecular flexibility index (Phi) is 4.22. The van der Waals surface area contributed by atoms with Crippen LogP contribution in [0, 0.1) is 17.2 Å². The van der Waals surface area contributed by atoms with Gasteiger partial charge in [-0.2, -0.15) is 5.26 Å². The Balaban J connectivity index is 1.53. The van der Waals surface area contributed by atoms with Gasteiger partial charge in [0, 0.05) is 16.6 Å². The number of carbonyl (C=O) groups excluding carboxylic acids is 1. The molecule has 0 unspecified atom stereocenters. The molecule has 4 nitrogen and oxygen atoms in total. The van der Waals surface area contributed by atoms with Gasteiger partial charge >= 0.3 is 5.97 Å². The zero-order valence-electron chi connectivity index (χ0n) is 14.7. The lowest BCUT2D eigenvalue weighted by Crippen LogP contribution is -2.10. The van der Waals surface area contributed by atoms with Gasteiger partial charge in [0.2, 0.25) is 0 Å². The number of aromatic nitrogens is 1. The van der Waals surface area contributed by atoms with Gasteiger partial charge < -0.3 is 9.72 Å². The molecule has 0 saturated carbocycles. The molecule has 130 valence electrons. The largest absolute Gasteiger partial charge is 0.457 e. The van der Waals surface area contributed by atoms with Gasteiger partial charge in [-0.05, 0) is 66.6 Å². The summed E-state index contributed by atoms with van der Waals surface area (Å²) in [5.41, 5.74) is 5.78. The SMILES string of the molecule is C[C@@H]1CCc2[nH]c3ccc(C(=O)OCc4ccc(C#N)cc4)cc3c2C1. The Morgan fingerprint density at radius 3 is 2.85 bits per heavy atom. The number of hydrogen-bond donors (Lipinski definition) is 1. The number of hydrogen-bond acceptors (Lipinski definition) is 3. The van der Waals surface area contributed by atoms with E-state index in [4.69, 9.17) is 10.00 Å². The lowest BCUT2D eigenvalue weighted by Gasteiger charge is -2.18. The van der Waals surface area contributed by atoms with E-state index >= 15 is 0 Å². The van der Waals surface area contributed by atoms with Crippen LogP contribution in [0.5, 0.6) is 0 Å². The Morgan fingerprint density at radius 2 is 2.08 bits per heavy atom. The number of aromatic amines is 1. The monoisotopic (exact) mass is 344 g/mol. The summed E-state index contributed by atoms with van der Waals surface area (Å²) in [6, 6.07) is 14.9. The summed E-state index contributed by atoms with van der Waals surface area (Å²) in [6.45, 7) is 2.47. The van der Waals surface area contributed by atoms with E-state index in [-0.39, 0.29) is 12.6 Å². The zero-order valence-corrected chi connectivity index (χ0v) is 14.7. The van der Waals surface area contributed by atoms with Crippen molar-refractivity contribution in [2.24, 2.45) is 5.92 Å². The normalized spacial score (nSPS) is 16.1. The lowest BCUT2D eigenvalue weighted by atomic mass is 9.87. The van der Waals surface area contributed by atoms with Crippen molar-refractivity contribution in [2.75, 3.05) is 0 Å². The van der Waals surface area contributed by atoms with Crippen LogP contribution in [0.2, 0.25) is 0 Å². The maximum Gasteiger partial charge on any atom is 0.338 e. The van der Waals surface area contributed by atoms with Gasteiger partial charge in [0.05, 0.1) is 17.2 Å². The summed E-state index contributed by atoms with van der Waals surface area (Å²) in [6.07, 6.45) is 3.34. The highest BCUT2D eigenvalue weighted by molar-refractivity contribution is 5.96. The molecule has 4 heteroatoms. The number of nitrogens with one attached hydrogen (secondary N) is 1. The van der Waals surface area contributed by atoms with Gasteiger partial charge in [-0.1, -0.05) is 19.1 Å². The van der Waals surface area contributed by atoms with Crippen LogP contribution in [-0.2, 0) is 24.2 Å². The van der Waals surface area contributed by atoms with Gasteiger partial charge in [0.1, 0.15) is 6.61 Å². The van der Waals surface area contributed by atoms with Crippen molar-refractivity contribution in [1.82, 2.24) is 4.98 Å². The topological polar surface area (TPSA) is 65.9 Å². The predicted molar refractivity (Wildman–Crippen MR) is 99.8 cm³/mol. The molecule has 0 radical (unpaired) electrons. The van der Waals surface area contributed by atoms with E-state index in [0.29, 0.717) is 17.0 Å². The number of nitriles is 1. The first-order valence-electron chi connectivity index (χ1n) is 8.93. The molecule has 3 aromatic rings. The van der Waals surface area contributed by atoms with Crippen LogP contribution in [-0.4, -0.2) is 11.0 Å². The smallest absolute Gasteiger partial charge is 0.338 e. The molecule has 1 atom stereocenters. The molecular formula is C22H20N2O2. The first-order valence-corrected chi connectivity index (χ1v) is 8.93. The first kappa shape index (κ1) is 16.4. The highest BCUT2D eigenvalue weighted by atomic mass is 16.5. The molecule has 0 spiro atoms. The summed E-state index contributed by atoms with van der Waals surface area (Å²) in [5, 5.41) is 9.97. The van der Waals surface area contributed by atoms with E-state index in [1.807, 2.05) is 18.2 Å². The second-order valence-electron chi connectivity index (χ2n) is 7.08. The number of carbonyl (C=O) groups is 1. The van der Waals surface area contributed by atoms with Crippen LogP contribution < -0.4 is 0 Å². The third kappa shape index (κ3) is 3.09. The van der Waals surface area contributed by atoms with Gasteiger partial charge in [-0.15, -0.1) is 0 Å². The van der Waals surface area contributed by atoms with Crippen molar-refractivity contribution in [3.63, 3.8) is 0 Å². The van der Waals surface area contributed by atoms with E-state index in [1.165, 1.54) is 17.7 Å². The molecule has 1 aromatic heterocycles. The molecule has 2 aromatic carbocycles. The Hall–Kier alpha value is -3.06. The number of benzene rings is 2. The molecule has 26 heavy (non-hydrogen) atoms. The number of esters is 1. The number of aryl methyl sites for hydroxylation is 1. The van der Waals surface area contributed by atoms with Gasteiger partial charge in [0.25, 0.3) is 0 Å². The van der Waals surface area contributed by atoms with Crippen LogP contribution in [0.4, 0.5) is 0 Å². The Bertz CT molecular complexity index is 1010. The first-order chi connectivity index (χ1) is 12.6. The molecule has 1 heterocycles. The van der Waals surface area contributed by atoms with Crippen molar-refractivity contribution >= 4 is 16.9 Å². The highest BCUT2D eigenvalue weighted by Crippen LogP contribution is 2.32. The average Bonchev–Trinajstić information content (AvgIpc) is 3.03. The van der Waals surface area contributed by atoms with Crippen molar-refractivity contribution in [2.45, 2.75) is 32.8 Å².